The van der Waals surface area contributed by atoms with Gasteiger partial charge in [-0.2, -0.15) is 0 Å². The van der Waals surface area contributed by atoms with Crippen molar-refractivity contribution in [3.8, 4) is 5.75 Å². The highest BCUT2D eigenvalue weighted by Crippen LogP contribution is 2.24. The summed E-state index contributed by atoms with van der Waals surface area (Å²) in [5, 5.41) is 12.1. The van der Waals surface area contributed by atoms with Crippen molar-refractivity contribution in [2.75, 3.05) is 11.9 Å². The molecule has 0 spiro atoms. The number of para-hydroxylation sites is 2. The molecule has 90 valence electrons. The zero-order valence-electron chi connectivity index (χ0n) is 9.36. The van der Waals surface area contributed by atoms with Crippen LogP contribution in [-0.4, -0.2) is 17.6 Å². The number of halogens is 1. The highest BCUT2D eigenvalue weighted by molar-refractivity contribution is 5.96. The maximum atomic E-state index is 11.7. The number of nitrogens with one attached hydrogen (secondary N) is 1. The van der Waals surface area contributed by atoms with Gasteiger partial charge in [0.25, 0.3) is 0 Å². The van der Waals surface area contributed by atoms with E-state index in [0.717, 1.165) is 0 Å². The molecule has 0 aliphatic carbocycles. The third kappa shape index (κ3) is 3.40. The van der Waals surface area contributed by atoms with Gasteiger partial charge in [-0.25, -0.2) is 0 Å². The Balaban J connectivity index is 0.00000225. The van der Waals surface area contributed by atoms with Gasteiger partial charge in [0.05, 0.1) is 11.1 Å². The first kappa shape index (κ1) is 14.7. The minimum atomic E-state index is -0.637. The maximum absolute atomic E-state index is 11.7. The Hall–Kier alpha value is -1.26. The van der Waals surface area contributed by atoms with Gasteiger partial charge in [-0.1, -0.05) is 12.1 Å². The van der Waals surface area contributed by atoms with Crippen LogP contribution >= 0.6 is 12.4 Å². The highest BCUT2D eigenvalue weighted by Gasteiger charge is 2.26. The Morgan fingerprint density at radius 2 is 2.00 bits per heavy atom. The smallest absolute Gasteiger partial charge is 0.231 e. The predicted molar refractivity (Wildman–Crippen MR) is 66.8 cm³/mol. The monoisotopic (exact) mass is 244 g/mol. The minimum Gasteiger partial charge on any atom is -0.506 e. The Kier molecular flexibility index (Phi) is 5.27. The molecule has 0 radical (unpaired) electrons. The summed E-state index contributed by atoms with van der Waals surface area (Å²) in [5.74, 6) is -0.148. The second-order valence-corrected chi connectivity index (χ2v) is 4.06. The lowest BCUT2D eigenvalue weighted by Crippen LogP contribution is -2.37. The molecule has 0 bridgehead atoms. The summed E-state index contributed by atoms with van der Waals surface area (Å²) in [6.07, 6.45) is 0. The number of carbonyl (C=O) groups is 1. The van der Waals surface area contributed by atoms with Gasteiger partial charge < -0.3 is 16.2 Å². The highest BCUT2D eigenvalue weighted by atomic mass is 35.5. The third-order valence-electron chi connectivity index (χ3n) is 2.28. The summed E-state index contributed by atoms with van der Waals surface area (Å²) in [6, 6.07) is 6.59. The van der Waals surface area contributed by atoms with Gasteiger partial charge in [-0.3, -0.25) is 4.79 Å². The number of benzene rings is 1. The van der Waals surface area contributed by atoms with Crippen LogP contribution in [0.5, 0.6) is 5.75 Å². The van der Waals surface area contributed by atoms with Crippen LogP contribution in [-0.2, 0) is 4.79 Å². The topological polar surface area (TPSA) is 75.4 Å². The lowest BCUT2D eigenvalue weighted by Gasteiger charge is -2.21. The van der Waals surface area contributed by atoms with E-state index < -0.39 is 5.41 Å². The largest absolute Gasteiger partial charge is 0.506 e. The van der Waals surface area contributed by atoms with Crippen molar-refractivity contribution in [2.45, 2.75) is 13.8 Å². The second-order valence-electron chi connectivity index (χ2n) is 4.06. The third-order valence-corrected chi connectivity index (χ3v) is 2.28. The van der Waals surface area contributed by atoms with Crippen molar-refractivity contribution in [1.82, 2.24) is 0 Å². The quantitative estimate of drug-likeness (QED) is 0.709. The number of anilines is 1. The number of carbonyl (C=O) groups excluding carboxylic acids is 1. The van der Waals surface area contributed by atoms with Crippen molar-refractivity contribution in [3.05, 3.63) is 24.3 Å². The fraction of sp³-hybridized carbons (Fsp3) is 0.364. The first-order valence-corrected chi connectivity index (χ1v) is 4.77. The molecular weight excluding hydrogens is 228 g/mol. The van der Waals surface area contributed by atoms with Gasteiger partial charge in [0, 0.05) is 6.54 Å². The first-order valence-electron chi connectivity index (χ1n) is 4.77. The summed E-state index contributed by atoms with van der Waals surface area (Å²) in [4.78, 5) is 11.7. The summed E-state index contributed by atoms with van der Waals surface area (Å²) in [7, 11) is 0. The minimum absolute atomic E-state index is 0. The molecule has 1 amide bonds. The van der Waals surface area contributed by atoms with E-state index in [0.29, 0.717) is 5.69 Å². The molecule has 1 aromatic rings. The molecule has 4 nitrogen and oxygen atoms in total. The average molecular weight is 245 g/mol. The summed E-state index contributed by atoms with van der Waals surface area (Å²) in [6.45, 7) is 3.76. The van der Waals surface area contributed by atoms with E-state index >= 15 is 0 Å². The Labute approximate surface area is 101 Å². The van der Waals surface area contributed by atoms with Crippen LogP contribution in [0.2, 0.25) is 0 Å². The van der Waals surface area contributed by atoms with Crippen LogP contribution in [0.15, 0.2) is 24.3 Å². The maximum Gasteiger partial charge on any atom is 0.231 e. The molecular formula is C11H17ClN2O2. The fourth-order valence-corrected chi connectivity index (χ4v) is 0.964. The van der Waals surface area contributed by atoms with Crippen LogP contribution in [0.1, 0.15) is 13.8 Å². The molecule has 4 N–H and O–H groups in total. The van der Waals surface area contributed by atoms with Crippen LogP contribution in [0.25, 0.3) is 0 Å². The van der Waals surface area contributed by atoms with E-state index in [1.807, 2.05) is 0 Å². The number of amides is 1. The van der Waals surface area contributed by atoms with Gasteiger partial charge in [-0.15, -0.1) is 12.4 Å². The van der Waals surface area contributed by atoms with Gasteiger partial charge in [-0.05, 0) is 26.0 Å². The number of aromatic hydroxyl groups is 1. The van der Waals surface area contributed by atoms with E-state index in [1.165, 1.54) is 6.07 Å². The number of phenols is 1. The number of hydrogen-bond donors (Lipinski definition) is 3. The molecule has 0 heterocycles. The van der Waals surface area contributed by atoms with E-state index in [-0.39, 0.29) is 30.6 Å². The Morgan fingerprint density at radius 3 is 2.50 bits per heavy atom. The Morgan fingerprint density at radius 1 is 1.44 bits per heavy atom. The SMILES string of the molecule is CC(C)(CN)C(=O)Nc1ccccc1O.Cl. The fourth-order valence-electron chi connectivity index (χ4n) is 0.964. The molecule has 0 saturated heterocycles. The predicted octanol–water partition coefficient (Wildman–Crippen LogP) is 1.74. The van der Waals surface area contributed by atoms with Crippen molar-refractivity contribution >= 4 is 24.0 Å². The van der Waals surface area contributed by atoms with Gasteiger partial charge in [0.1, 0.15) is 5.75 Å². The summed E-state index contributed by atoms with van der Waals surface area (Å²) in [5.41, 5.74) is 5.25. The molecule has 0 aliphatic heterocycles. The van der Waals surface area contributed by atoms with E-state index in [9.17, 15) is 9.90 Å². The molecule has 16 heavy (non-hydrogen) atoms. The standard InChI is InChI=1S/C11H16N2O2.ClH/c1-11(2,7-12)10(15)13-8-5-3-4-6-9(8)14;/h3-6,14H,7,12H2,1-2H3,(H,13,15);1H. The molecule has 0 fully saturated rings. The van der Waals surface area contributed by atoms with Crippen molar-refractivity contribution in [3.63, 3.8) is 0 Å². The summed E-state index contributed by atoms with van der Waals surface area (Å²) >= 11 is 0. The van der Waals surface area contributed by atoms with E-state index in [1.54, 1.807) is 32.0 Å². The zero-order valence-corrected chi connectivity index (χ0v) is 10.2. The van der Waals surface area contributed by atoms with Crippen LogP contribution in [0.4, 0.5) is 5.69 Å². The van der Waals surface area contributed by atoms with Crippen LogP contribution in [0.3, 0.4) is 0 Å². The van der Waals surface area contributed by atoms with E-state index in [4.69, 9.17) is 5.73 Å². The van der Waals surface area contributed by atoms with Crippen LogP contribution in [0, 0.1) is 5.41 Å². The number of phenolic OH excluding ortho intramolecular Hbond substituents is 1. The molecule has 0 aliphatic rings. The molecule has 1 aromatic carbocycles. The Bertz CT molecular complexity index is 367. The molecule has 5 heteroatoms. The lowest BCUT2D eigenvalue weighted by atomic mass is 9.92. The van der Waals surface area contributed by atoms with Gasteiger partial charge in [0.2, 0.25) is 5.91 Å². The summed E-state index contributed by atoms with van der Waals surface area (Å²) < 4.78 is 0. The zero-order chi connectivity index (χ0) is 11.5. The number of nitrogens with two attached hydrogens (primary N) is 1. The number of rotatable bonds is 3. The molecule has 1 rings (SSSR count). The molecule has 0 unspecified atom stereocenters. The van der Waals surface area contributed by atoms with Crippen molar-refractivity contribution in [2.24, 2.45) is 11.1 Å². The molecule has 0 atom stereocenters. The van der Waals surface area contributed by atoms with Crippen LogP contribution < -0.4 is 11.1 Å². The van der Waals surface area contributed by atoms with Crippen molar-refractivity contribution < 1.29 is 9.90 Å². The first-order chi connectivity index (χ1) is 6.97. The lowest BCUT2D eigenvalue weighted by molar-refractivity contribution is -0.123. The average Bonchev–Trinajstić information content (AvgIpc) is 2.21. The van der Waals surface area contributed by atoms with Crippen molar-refractivity contribution in [1.29, 1.82) is 0 Å². The molecule has 0 saturated carbocycles. The van der Waals surface area contributed by atoms with Gasteiger partial charge >= 0.3 is 0 Å². The second kappa shape index (κ2) is 5.72. The number of hydrogen-bond acceptors (Lipinski definition) is 3. The van der Waals surface area contributed by atoms with E-state index in [2.05, 4.69) is 5.32 Å². The normalized spacial score (nSPS) is 10.4. The molecule has 0 aromatic heterocycles. The van der Waals surface area contributed by atoms with Gasteiger partial charge in [0.15, 0.2) is 0 Å².